The van der Waals surface area contributed by atoms with Gasteiger partial charge in [0.15, 0.2) is 0 Å². The number of hydroxylamine groups is 2. The monoisotopic (exact) mass is 390 g/mol. The first-order valence-corrected chi connectivity index (χ1v) is 6.81. The lowest BCUT2D eigenvalue weighted by atomic mass is 10.2. The molecule has 1 saturated heterocycles. The first-order valence-electron chi connectivity index (χ1n) is 5.22. The zero-order chi connectivity index (χ0) is 14.2. The van der Waals surface area contributed by atoms with Gasteiger partial charge in [0.25, 0.3) is 11.8 Å². The second-order valence-electron chi connectivity index (χ2n) is 3.81. The smallest absolute Gasteiger partial charge is 0.366 e. The van der Waals surface area contributed by atoms with E-state index >= 15 is 0 Å². The minimum atomic E-state index is -0.858. The predicted octanol–water partition coefficient (Wildman–Crippen LogP) is 2.01. The third-order valence-corrected chi connectivity index (χ3v) is 3.61. The number of amides is 2. The average molecular weight is 392 g/mol. The van der Waals surface area contributed by atoms with Gasteiger partial charge < -0.3 is 10.6 Å². The number of carbonyl (C=O) groups is 3. The molecule has 8 heteroatoms. The number of halogens is 2. The Kier molecular flexibility index (Phi) is 3.91. The molecule has 0 bridgehead atoms. The number of nitrogen functional groups attached to an aromatic ring is 1. The number of carbonyl (C=O) groups excluding carboxylic acids is 3. The minimum Gasteiger partial charge on any atom is -0.397 e. The van der Waals surface area contributed by atoms with Gasteiger partial charge in [-0.15, -0.1) is 5.06 Å². The molecular weight excluding hydrogens is 384 g/mol. The van der Waals surface area contributed by atoms with Crippen molar-refractivity contribution in [3.05, 3.63) is 26.6 Å². The molecule has 2 amide bonds. The van der Waals surface area contributed by atoms with Crippen molar-refractivity contribution in [3.8, 4) is 0 Å². The van der Waals surface area contributed by atoms with Crippen LogP contribution in [0.4, 0.5) is 5.69 Å². The molecule has 0 aliphatic carbocycles. The molecule has 100 valence electrons. The molecule has 1 aromatic carbocycles. The van der Waals surface area contributed by atoms with Gasteiger partial charge in [0.1, 0.15) is 0 Å². The number of anilines is 1. The molecule has 1 aliphatic heterocycles. The first kappa shape index (κ1) is 14.0. The van der Waals surface area contributed by atoms with Crippen molar-refractivity contribution >= 4 is 55.3 Å². The fourth-order valence-electron chi connectivity index (χ4n) is 1.54. The van der Waals surface area contributed by atoms with Crippen LogP contribution in [0.5, 0.6) is 0 Å². The van der Waals surface area contributed by atoms with Gasteiger partial charge in [-0.1, -0.05) is 15.9 Å². The topological polar surface area (TPSA) is 89.7 Å². The molecule has 0 spiro atoms. The molecule has 19 heavy (non-hydrogen) atoms. The zero-order valence-electron chi connectivity index (χ0n) is 9.48. The Balaban J connectivity index is 2.26. The summed E-state index contributed by atoms with van der Waals surface area (Å²) in [6.07, 6.45) is 0.0908. The highest BCUT2D eigenvalue weighted by atomic mass is 79.9. The maximum atomic E-state index is 11.9. The quantitative estimate of drug-likeness (QED) is 0.615. The second-order valence-corrected chi connectivity index (χ2v) is 5.58. The van der Waals surface area contributed by atoms with Crippen molar-refractivity contribution in [1.29, 1.82) is 0 Å². The molecule has 2 N–H and O–H groups in total. The molecule has 1 fully saturated rings. The van der Waals surface area contributed by atoms with E-state index in [0.717, 1.165) is 0 Å². The molecule has 1 aliphatic rings. The molecular formula is C11H8Br2N2O4. The van der Waals surface area contributed by atoms with Crippen molar-refractivity contribution in [3.63, 3.8) is 0 Å². The van der Waals surface area contributed by atoms with E-state index in [4.69, 9.17) is 10.6 Å². The number of benzene rings is 1. The number of hydrogen-bond donors (Lipinski definition) is 1. The summed E-state index contributed by atoms with van der Waals surface area (Å²) in [5.74, 6) is -1.93. The minimum absolute atomic E-state index is 0.0454. The lowest BCUT2D eigenvalue weighted by Crippen LogP contribution is -2.32. The summed E-state index contributed by atoms with van der Waals surface area (Å²) < 4.78 is 1.12. The molecule has 0 saturated carbocycles. The molecule has 1 heterocycles. The first-order chi connectivity index (χ1) is 8.90. The molecule has 6 nitrogen and oxygen atoms in total. The van der Waals surface area contributed by atoms with Crippen LogP contribution in [0.25, 0.3) is 0 Å². The number of hydrogen-bond acceptors (Lipinski definition) is 5. The highest BCUT2D eigenvalue weighted by Crippen LogP contribution is 2.29. The number of nitrogens with two attached hydrogens (primary N) is 1. The van der Waals surface area contributed by atoms with E-state index < -0.39 is 17.8 Å². The third kappa shape index (κ3) is 2.79. The van der Waals surface area contributed by atoms with E-state index in [9.17, 15) is 14.4 Å². The van der Waals surface area contributed by atoms with Crippen molar-refractivity contribution in [2.75, 3.05) is 5.73 Å². The van der Waals surface area contributed by atoms with Crippen molar-refractivity contribution in [2.45, 2.75) is 12.8 Å². The molecule has 0 unspecified atom stereocenters. The van der Waals surface area contributed by atoms with Crippen molar-refractivity contribution in [2.24, 2.45) is 0 Å². The fourth-order valence-corrected chi connectivity index (χ4v) is 2.77. The normalized spacial score (nSPS) is 14.9. The highest BCUT2D eigenvalue weighted by molar-refractivity contribution is 9.11. The SMILES string of the molecule is Nc1c(Br)cc(Br)cc1C(=O)ON1C(=O)CCC1=O. The van der Waals surface area contributed by atoms with Crippen molar-refractivity contribution < 1.29 is 19.2 Å². The van der Waals surface area contributed by atoms with Crippen LogP contribution in [0.1, 0.15) is 23.2 Å². The largest absolute Gasteiger partial charge is 0.397 e. The summed E-state index contributed by atoms with van der Waals surface area (Å²) >= 11 is 6.40. The Morgan fingerprint density at radius 2 is 1.79 bits per heavy atom. The Hall–Kier alpha value is -1.41. The fraction of sp³-hybridized carbons (Fsp3) is 0.182. The van der Waals surface area contributed by atoms with Crippen LogP contribution in [0.15, 0.2) is 21.1 Å². The molecule has 0 aromatic heterocycles. The lowest BCUT2D eigenvalue weighted by molar-refractivity contribution is -0.172. The van der Waals surface area contributed by atoms with Gasteiger partial charge in [0.2, 0.25) is 0 Å². The van der Waals surface area contributed by atoms with E-state index in [-0.39, 0.29) is 24.1 Å². The van der Waals surface area contributed by atoms with Crippen LogP contribution in [0.2, 0.25) is 0 Å². The van der Waals surface area contributed by atoms with Gasteiger partial charge in [-0.3, -0.25) is 9.59 Å². The number of rotatable bonds is 2. The molecule has 1 aromatic rings. The number of nitrogens with zero attached hydrogens (tertiary/aromatic N) is 1. The van der Waals surface area contributed by atoms with Crippen LogP contribution in [0, 0.1) is 0 Å². The highest BCUT2D eigenvalue weighted by Gasteiger charge is 2.33. The van der Waals surface area contributed by atoms with Crippen LogP contribution < -0.4 is 5.73 Å². The van der Waals surface area contributed by atoms with Gasteiger partial charge >= 0.3 is 5.97 Å². The molecule has 0 radical (unpaired) electrons. The summed E-state index contributed by atoms with van der Waals surface area (Å²) in [4.78, 5) is 39.4. The van der Waals surface area contributed by atoms with Gasteiger partial charge in [0.05, 0.1) is 11.3 Å². The van der Waals surface area contributed by atoms with Crippen LogP contribution in [-0.2, 0) is 14.4 Å². The third-order valence-electron chi connectivity index (χ3n) is 2.49. The van der Waals surface area contributed by atoms with Gasteiger partial charge in [-0.25, -0.2) is 4.79 Å². The van der Waals surface area contributed by atoms with Gasteiger partial charge in [-0.2, -0.15) is 0 Å². The van der Waals surface area contributed by atoms with Crippen LogP contribution >= 0.6 is 31.9 Å². The molecule has 2 rings (SSSR count). The van der Waals surface area contributed by atoms with Crippen molar-refractivity contribution in [1.82, 2.24) is 5.06 Å². The summed E-state index contributed by atoms with van der Waals surface area (Å²) in [6.45, 7) is 0. The van der Waals surface area contributed by atoms with E-state index in [0.29, 0.717) is 14.0 Å². The van der Waals surface area contributed by atoms with Gasteiger partial charge in [-0.05, 0) is 28.1 Å². The lowest BCUT2D eigenvalue weighted by Gasteiger charge is -2.14. The van der Waals surface area contributed by atoms with E-state index in [1.807, 2.05) is 0 Å². The van der Waals surface area contributed by atoms with E-state index in [2.05, 4.69) is 31.9 Å². The average Bonchev–Trinajstić information content (AvgIpc) is 2.65. The Morgan fingerprint density at radius 1 is 1.21 bits per heavy atom. The Bertz CT molecular complexity index is 572. The Labute approximate surface area is 125 Å². The summed E-state index contributed by atoms with van der Waals surface area (Å²) in [5.41, 5.74) is 5.98. The maximum absolute atomic E-state index is 11.9. The summed E-state index contributed by atoms with van der Waals surface area (Å²) in [7, 11) is 0. The second kappa shape index (κ2) is 5.30. The Morgan fingerprint density at radius 3 is 2.37 bits per heavy atom. The predicted molar refractivity (Wildman–Crippen MR) is 72.8 cm³/mol. The van der Waals surface area contributed by atoms with Crippen LogP contribution in [0.3, 0.4) is 0 Å². The van der Waals surface area contributed by atoms with Gasteiger partial charge in [0, 0.05) is 21.8 Å². The van der Waals surface area contributed by atoms with E-state index in [1.54, 1.807) is 6.07 Å². The van der Waals surface area contributed by atoms with E-state index in [1.165, 1.54) is 6.07 Å². The zero-order valence-corrected chi connectivity index (χ0v) is 12.7. The summed E-state index contributed by atoms with van der Waals surface area (Å²) in [6, 6.07) is 3.12. The standard InChI is InChI=1S/C11H8Br2N2O4/c12-5-3-6(10(14)7(13)4-5)11(18)19-15-8(16)1-2-9(15)17/h3-4H,1-2,14H2. The summed E-state index contributed by atoms with van der Waals surface area (Å²) in [5, 5.41) is 0.483. The number of imide groups is 1. The maximum Gasteiger partial charge on any atom is 0.366 e. The van der Waals surface area contributed by atoms with Crippen LogP contribution in [-0.4, -0.2) is 22.8 Å². The molecule has 0 atom stereocenters.